The lowest BCUT2D eigenvalue weighted by molar-refractivity contribution is 0.518. The SMILES string of the molecule is Cc1c([SiH3])ccc(C2C=C(C(C)(C)C)c3ccccc32)c1C1=CC(C(C)(C)C)=CC1. The van der Waals surface area contributed by atoms with Gasteiger partial charge in [-0.25, -0.2) is 0 Å². The van der Waals surface area contributed by atoms with Gasteiger partial charge in [-0.2, -0.15) is 0 Å². The van der Waals surface area contributed by atoms with Gasteiger partial charge in [0.2, 0.25) is 0 Å². The third-order valence-corrected chi connectivity index (χ3v) is 7.97. The molecular formula is C29H36Si. The molecule has 0 radical (unpaired) electrons. The Bertz CT molecular complexity index is 1090. The molecule has 0 N–H and O–H groups in total. The summed E-state index contributed by atoms with van der Waals surface area (Å²) in [6.45, 7) is 16.3. The number of benzene rings is 2. The summed E-state index contributed by atoms with van der Waals surface area (Å²) in [6, 6.07) is 13.8. The van der Waals surface area contributed by atoms with Crippen molar-refractivity contribution >= 4 is 26.6 Å². The molecular weight excluding hydrogens is 376 g/mol. The summed E-state index contributed by atoms with van der Waals surface area (Å²) in [4.78, 5) is 0. The van der Waals surface area contributed by atoms with Gasteiger partial charge in [-0.3, -0.25) is 0 Å². The first-order chi connectivity index (χ1) is 14.0. The molecule has 0 aromatic heterocycles. The fourth-order valence-electron chi connectivity index (χ4n) is 5.02. The van der Waals surface area contributed by atoms with Crippen LogP contribution in [0.25, 0.3) is 11.1 Å². The van der Waals surface area contributed by atoms with Crippen molar-refractivity contribution in [1.82, 2.24) is 0 Å². The van der Waals surface area contributed by atoms with E-state index in [1.165, 1.54) is 49.7 Å². The first-order valence-electron chi connectivity index (χ1n) is 11.3. The molecule has 0 aliphatic heterocycles. The third-order valence-electron chi connectivity index (χ3n) is 6.89. The fourth-order valence-corrected chi connectivity index (χ4v) is 5.43. The van der Waals surface area contributed by atoms with E-state index >= 15 is 0 Å². The molecule has 30 heavy (non-hydrogen) atoms. The molecule has 0 heterocycles. The molecule has 0 nitrogen and oxygen atoms in total. The second-order valence-corrected chi connectivity index (χ2v) is 12.2. The normalized spacial score (nSPS) is 18.9. The minimum absolute atomic E-state index is 0.144. The van der Waals surface area contributed by atoms with E-state index in [1.54, 1.807) is 0 Å². The fraction of sp³-hybridized carbons (Fsp3) is 0.379. The Morgan fingerprint density at radius 3 is 2.20 bits per heavy atom. The molecule has 2 aromatic rings. The van der Waals surface area contributed by atoms with Gasteiger partial charge in [-0.15, -0.1) is 0 Å². The lowest BCUT2D eigenvalue weighted by atomic mass is 9.83. The van der Waals surface area contributed by atoms with Crippen LogP contribution in [0.4, 0.5) is 0 Å². The maximum absolute atomic E-state index is 2.54. The Morgan fingerprint density at radius 1 is 0.867 bits per heavy atom. The minimum atomic E-state index is 0.144. The second-order valence-electron chi connectivity index (χ2n) is 11.2. The van der Waals surface area contributed by atoms with Crippen LogP contribution < -0.4 is 5.19 Å². The Hall–Kier alpha value is -2.12. The Labute approximate surface area is 186 Å². The molecule has 156 valence electrons. The summed E-state index contributed by atoms with van der Waals surface area (Å²) < 4.78 is 0. The predicted octanol–water partition coefficient (Wildman–Crippen LogP) is 6.32. The Balaban J connectivity index is 1.90. The summed E-state index contributed by atoms with van der Waals surface area (Å²) >= 11 is 0. The lowest BCUT2D eigenvalue weighted by Gasteiger charge is -2.21. The van der Waals surface area contributed by atoms with E-state index in [-0.39, 0.29) is 10.8 Å². The summed E-state index contributed by atoms with van der Waals surface area (Å²) in [5.41, 5.74) is 12.2. The van der Waals surface area contributed by atoms with Gasteiger partial charge in [0.05, 0.1) is 0 Å². The van der Waals surface area contributed by atoms with E-state index in [1.807, 2.05) is 0 Å². The van der Waals surface area contributed by atoms with Crippen molar-refractivity contribution in [2.75, 3.05) is 0 Å². The highest BCUT2D eigenvalue weighted by Crippen LogP contribution is 2.49. The molecule has 2 aromatic carbocycles. The van der Waals surface area contributed by atoms with Crippen LogP contribution in [0.15, 0.2) is 60.2 Å². The van der Waals surface area contributed by atoms with E-state index in [9.17, 15) is 0 Å². The summed E-state index contributed by atoms with van der Waals surface area (Å²) in [6.07, 6.45) is 8.51. The maximum Gasteiger partial charge on any atom is 0.0388 e. The number of hydrogen-bond acceptors (Lipinski definition) is 0. The molecule has 1 heteroatoms. The topological polar surface area (TPSA) is 0 Å². The van der Waals surface area contributed by atoms with Crippen LogP contribution in [0.3, 0.4) is 0 Å². The highest BCUT2D eigenvalue weighted by atomic mass is 28.1. The van der Waals surface area contributed by atoms with E-state index in [0.717, 1.165) is 16.7 Å². The molecule has 2 aliphatic carbocycles. The number of hydrogen-bond donors (Lipinski definition) is 0. The standard InChI is InChI=1S/C29H36Si/c1-18-26(30)15-14-23(27(18)19-12-13-20(16-19)28(2,3)4)24-17-25(29(5,6)7)22-11-9-8-10-21(22)24/h8-11,13-17,24H,12H2,1-7,30H3. The van der Waals surface area contributed by atoms with Crippen LogP contribution in [0.1, 0.15) is 81.7 Å². The van der Waals surface area contributed by atoms with Gasteiger partial charge in [-0.1, -0.05) is 101 Å². The molecule has 0 saturated carbocycles. The van der Waals surface area contributed by atoms with Crippen LogP contribution in [0.5, 0.6) is 0 Å². The van der Waals surface area contributed by atoms with Crippen molar-refractivity contribution < 1.29 is 0 Å². The van der Waals surface area contributed by atoms with Gasteiger partial charge in [0.1, 0.15) is 0 Å². The largest absolute Gasteiger partial charge is 0.0763 e. The first-order valence-corrected chi connectivity index (χ1v) is 12.3. The molecule has 1 unspecified atom stereocenters. The lowest BCUT2D eigenvalue weighted by Crippen LogP contribution is -2.13. The van der Waals surface area contributed by atoms with Crippen molar-refractivity contribution in [2.45, 2.75) is 60.8 Å². The van der Waals surface area contributed by atoms with Crippen molar-refractivity contribution in [3.05, 3.63) is 88.0 Å². The van der Waals surface area contributed by atoms with Gasteiger partial charge in [-0.05, 0) is 68.7 Å². The Kier molecular flexibility index (Phi) is 5.09. The van der Waals surface area contributed by atoms with Crippen molar-refractivity contribution in [3.8, 4) is 0 Å². The molecule has 0 saturated heterocycles. The smallest absolute Gasteiger partial charge is 0.0388 e. The highest BCUT2D eigenvalue weighted by Gasteiger charge is 2.32. The summed E-state index contributed by atoms with van der Waals surface area (Å²) in [7, 11) is 1.09. The molecule has 2 aliphatic rings. The second kappa shape index (κ2) is 7.23. The molecule has 0 fully saturated rings. The highest BCUT2D eigenvalue weighted by molar-refractivity contribution is 6.33. The zero-order valence-electron chi connectivity index (χ0n) is 20.0. The maximum atomic E-state index is 2.54. The van der Waals surface area contributed by atoms with E-state index in [0.29, 0.717) is 5.92 Å². The van der Waals surface area contributed by atoms with Gasteiger partial charge < -0.3 is 0 Å². The zero-order valence-corrected chi connectivity index (χ0v) is 22.0. The molecule has 0 bridgehead atoms. The number of fused-ring (bicyclic) bond motifs is 1. The van der Waals surface area contributed by atoms with E-state index in [2.05, 4.69) is 103 Å². The summed E-state index contributed by atoms with van der Waals surface area (Å²) in [5, 5.41) is 1.52. The van der Waals surface area contributed by atoms with Crippen molar-refractivity contribution in [1.29, 1.82) is 0 Å². The first kappa shape index (κ1) is 21.1. The van der Waals surface area contributed by atoms with Gasteiger partial charge in [0.25, 0.3) is 0 Å². The van der Waals surface area contributed by atoms with Crippen LogP contribution >= 0.6 is 0 Å². The van der Waals surface area contributed by atoms with Crippen LogP contribution in [-0.2, 0) is 0 Å². The molecule has 0 amide bonds. The third kappa shape index (κ3) is 3.58. The monoisotopic (exact) mass is 412 g/mol. The van der Waals surface area contributed by atoms with Gasteiger partial charge in [0, 0.05) is 16.2 Å². The summed E-state index contributed by atoms with van der Waals surface area (Å²) in [5.74, 6) is 0.339. The van der Waals surface area contributed by atoms with E-state index < -0.39 is 0 Å². The van der Waals surface area contributed by atoms with Gasteiger partial charge >= 0.3 is 0 Å². The molecule has 1 atom stereocenters. The average molecular weight is 413 g/mol. The zero-order chi connectivity index (χ0) is 21.8. The molecule has 4 rings (SSSR count). The van der Waals surface area contributed by atoms with Crippen molar-refractivity contribution in [3.63, 3.8) is 0 Å². The minimum Gasteiger partial charge on any atom is -0.0763 e. The van der Waals surface area contributed by atoms with Crippen LogP contribution in [0, 0.1) is 17.8 Å². The number of rotatable bonds is 2. The van der Waals surface area contributed by atoms with Crippen molar-refractivity contribution in [2.24, 2.45) is 10.8 Å². The quantitative estimate of drug-likeness (QED) is 0.506. The predicted molar refractivity (Wildman–Crippen MR) is 137 cm³/mol. The number of allylic oxidation sites excluding steroid dienone is 6. The molecule has 0 spiro atoms. The van der Waals surface area contributed by atoms with Crippen LogP contribution in [0.2, 0.25) is 0 Å². The van der Waals surface area contributed by atoms with Gasteiger partial charge in [0.15, 0.2) is 0 Å². The Morgan fingerprint density at radius 2 is 1.57 bits per heavy atom. The van der Waals surface area contributed by atoms with Crippen LogP contribution in [-0.4, -0.2) is 10.2 Å². The average Bonchev–Trinajstić information content (AvgIpc) is 3.28. The van der Waals surface area contributed by atoms with E-state index in [4.69, 9.17) is 0 Å².